The number of Topliss-reactive ketones (excluding diaryl/α,β-unsaturated/α-hetero) is 1. The Kier molecular flexibility index (Phi) is 12.3. The van der Waals surface area contributed by atoms with Crippen molar-refractivity contribution in [2.24, 2.45) is 0 Å². The van der Waals surface area contributed by atoms with Crippen molar-refractivity contribution >= 4 is 22.2 Å². The molecule has 234 valence electrons. The number of nitrogens with zero attached hydrogens (tertiary/aromatic N) is 1. The molecule has 1 saturated heterocycles. The Morgan fingerprint density at radius 2 is 1.42 bits per heavy atom. The van der Waals surface area contributed by atoms with E-state index in [2.05, 4.69) is 56.9 Å². The fraction of sp³-hybridized carbons (Fsp3) is 0.500. The van der Waals surface area contributed by atoms with E-state index >= 15 is 0 Å². The Morgan fingerprint density at radius 3 is 1.95 bits per heavy atom. The molecule has 9 heteroatoms. The predicted molar refractivity (Wildman–Crippen MR) is 164 cm³/mol. The first kappa shape index (κ1) is 32.9. The summed E-state index contributed by atoms with van der Waals surface area (Å²) in [6.45, 7) is 16.7. The van der Waals surface area contributed by atoms with Crippen LogP contribution in [0.2, 0.25) is 0 Å². The highest BCUT2D eigenvalue weighted by molar-refractivity contribution is 6.18. The molecule has 0 spiro atoms. The maximum Gasteiger partial charge on any atom is 0.207 e. The lowest BCUT2D eigenvalue weighted by molar-refractivity contribution is -0.568. The van der Waals surface area contributed by atoms with E-state index < -0.39 is 5.41 Å². The molecule has 2 N–H and O–H groups in total. The van der Waals surface area contributed by atoms with E-state index in [1.807, 2.05) is 12.1 Å². The number of fused-ring (bicyclic) bond motifs is 1. The van der Waals surface area contributed by atoms with Crippen molar-refractivity contribution in [2.45, 2.75) is 26.2 Å². The maximum atomic E-state index is 13.4. The third kappa shape index (κ3) is 8.32. The van der Waals surface area contributed by atoms with E-state index in [4.69, 9.17) is 23.7 Å². The smallest absolute Gasteiger partial charge is 0.207 e. The van der Waals surface area contributed by atoms with Gasteiger partial charge in [-0.15, -0.1) is 0 Å². The molecule has 1 aliphatic heterocycles. The summed E-state index contributed by atoms with van der Waals surface area (Å²) in [7, 11) is 0. The van der Waals surface area contributed by atoms with Gasteiger partial charge in [-0.25, -0.2) is 0 Å². The molecule has 2 aromatic carbocycles. The number of hydrogen-bond acceptors (Lipinski definition) is 8. The summed E-state index contributed by atoms with van der Waals surface area (Å²) in [6.07, 6.45) is 1.68. The highest BCUT2D eigenvalue weighted by Crippen LogP contribution is 2.41. The van der Waals surface area contributed by atoms with Crippen LogP contribution in [0.25, 0.3) is 10.8 Å². The molecule has 43 heavy (non-hydrogen) atoms. The van der Waals surface area contributed by atoms with Crippen LogP contribution in [0.3, 0.4) is 0 Å². The van der Waals surface area contributed by atoms with Crippen LogP contribution >= 0.6 is 0 Å². The topological polar surface area (TPSA) is 106 Å². The van der Waals surface area contributed by atoms with Gasteiger partial charge in [-0.3, -0.25) is 4.79 Å². The van der Waals surface area contributed by atoms with E-state index in [1.165, 1.54) is 0 Å². The minimum atomic E-state index is -0.525. The SMILES string of the molecule is C=C(/C=C1\C(=O)C(N2CCOCCOCCOCCOCCOCC2)=C1[O-])C(C)(C)c1c([NH2+]CC)ccc2ccccc12. The predicted octanol–water partition coefficient (Wildman–Crippen LogP) is 2.37. The molecule has 0 aromatic heterocycles. The van der Waals surface area contributed by atoms with Crippen molar-refractivity contribution in [3.8, 4) is 0 Å². The van der Waals surface area contributed by atoms with Crippen molar-refractivity contribution in [2.75, 3.05) is 85.7 Å². The number of quaternary nitrogens is 1. The second kappa shape index (κ2) is 16.1. The summed E-state index contributed by atoms with van der Waals surface area (Å²) in [5, 5.41) is 17.9. The highest BCUT2D eigenvalue weighted by Gasteiger charge is 2.35. The number of carbonyl (C=O) groups is 1. The van der Waals surface area contributed by atoms with Gasteiger partial charge in [0, 0.05) is 29.6 Å². The Morgan fingerprint density at radius 1 is 0.884 bits per heavy atom. The van der Waals surface area contributed by atoms with E-state index in [0.717, 1.165) is 28.6 Å². The lowest BCUT2D eigenvalue weighted by atomic mass is 9.74. The van der Waals surface area contributed by atoms with Crippen molar-refractivity contribution in [3.05, 3.63) is 77.2 Å². The summed E-state index contributed by atoms with van der Waals surface area (Å²) in [5.41, 5.74) is 2.80. The molecule has 2 aromatic rings. The summed E-state index contributed by atoms with van der Waals surface area (Å²) in [4.78, 5) is 15.2. The molecule has 1 aliphatic carbocycles. The molecular formula is C34H46N2O7. The van der Waals surface area contributed by atoms with Crippen LogP contribution in [0, 0.1) is 0 Å². The van der Waals surface area contributed by atoms with Gasteiger partial charge in [0.2, 0.25) is 5.78 Å². The minimum Gasteiger partial charge on any atom is -0.870 e. The van der Waals surface area contributed by atoms with Gasteiger partial charge in [-0.2, -0.15) is 0 Å². The summed E-state index contributed by atoms with van der Waals surface area (Å²) < 4.78 is 27.9. The molecule has 0 amide bonds. The lowest BCUT2D eigenvalue weighted by Crippen LogP contribution is -2.77. The quantitative estimate of drug-likeness (QED) is 0.402. The molecule has 9 nitrogen and oxygen atoms in total. The maximum absolute atomic E-state index is 13.4. The molecule has 2 aliphatic rings. The van der Waals surface area contributed by atoms with Gasteiger partial charge >= 0.3 is 0 Å². The fourth-order valence-corrected chi connectivity index (χ4v) is 5.37. The molecule has 0 unspecified atom stereocenters. The van der Waals surface area contributed by atoms with Gasteiger partial charge < -0.3 is 39.0 Å². The van der Waals surface area contributed by atoms with Crippen LogP contribution in [0.5, 0.6) is 0 Å². The Labute approximate surface area is 255 Å². The van der Waals surface area contributed by atoms with Crippen molar-refractivity contribution in [1.82, 2.24) is 4.90 Å². The van der Waals surface area contributed by atoms with Crippen LogP contribution in [0.1, 0.15) is 26.3 Å². The summed E-state index contributed by atoms with van der Waals surface area (Å²) in [5.74, 6) is -0.539. The summed E-state index contributed by atoms with van der Waals surface area (Å²) >= 11 is 0. The zero-order chi connectivity index (χ0) is 30.7. The van der Waals surface area contributed by atoms with Crippen LogP contribution < -0.4 is 10.4 Å². The number of nitrogens with two attached hydrogens (primary N) is 1. The minimum absolute atomic E-state index is 0.166. The molecule has 1 heterocycles. The molecule has 4 rings (SSSR count). The van der Waals surface area contributed by atoms with Crippen molar-refractivity contribution in [3.63, 3.8) is 0 Å². The second-order valence-electron chi connectivity index (χ2n) is 11.1. The van der Waals surface area contributed by atoms with Gasteiger partial charge in [-0.05, 0) is 41.5 Å². The Hall–Kier alpha value is -3.05. The average Bonchev–Trinajstić information content (AvgIpc) is 3.00. The fourth-order valence-electron chi connectivity index (χ4n) is 5.37. The first-order chi connectivity index (χ1) is 20.9. The molecular weight excluding hydrogens is 548 g/mol. The van der Waals surface area contributed by atoms with Crippen LogP contribution in [0.4, 0.5) is 5.69 Å². The summed E-state index contributed by atoms with van der Waals surface area (Å²) in [6, 6.07) is 12.6. The number of ketones is 1. The number of rotatable bonds is 6. The van der Waals surface area contributed by atoms with Gasteiger partial charge in [-0.1, -0.05) is 50.5 Å². The molecule has 0 saturated carbocycles. The van der Waals surface area contributed by atoms with Gasteiger partial charge in [0.05, 0.1) is 78.3 Å². The number of ether oxygens (including phenoxy) is 5. The zero-order valence-corrected chi connectivity index (χ0v) is 25.8. The van der Waals surface area contributed by atoms with E-state index in [0.29, 0.717) is 84.7 Å². The first-order valence-electron chi connectivity index (χ1n) is 15.2. The van der Waals surface area contributed by atoms with Crippen LogP contribution in [-0.4, -0.2) is 96.4 Å². The number of allylic oxidation sites excluding steroid dienone is 4. The normalized spacial score (nSPS) is 20.1. The number of carbonyl (C=O) groups excluding carboxylic acids is 1. The van der Waals surface area contributed by atoms with E-state index in [-0.39, 0.29) is 22.8 Å². The molecule has 0 bridgehead atoms. The number of benzene rings is 2. The molecule has 1 fully saturated rings. The first-order valence-corrected chi connectivity index (χ1v) is 15.2. The second-order valence-corrected chi connectivity index (χ2v) is 11.1. The van der Waals surface area contributed by atoms with Crippen LogP contribution in [-0.2, 0) is 33.9 Å². The van der Waals surface area contributed by atoms with E-state index in [1.54, 1.807) is 11.0 Å². The van der Waals surface area contributed by atoms with Crippen molar-refractivity contribution < 1.29 is 38.9 Å². The third-order valence-electron chi connectivity index (χ3n) is 7.87. The largest absolute Gasteiger partial charge is 0.870 e. The van der Waals surface area contributed by atoms with Gasteiger partial charge in [0.25, 0.3) is 0 Å². The van der Waals surface area contributed by atoms with E-state index in [9.17, 15) is 9.90 Å². The van der Waals surface area contributed by atoms with Gasteiger partial charge in [0.1, 0.15) is 5.69 Å². The Balaban J connectivity index is 1.51. The zero-order valence-electron chi connectivity index (χ0n) is 25.8. The molecule has 0 radical (unpaired) electrons. The number of hydrogen-bond donors (Lipinski definition) is 1. The highest BCUT2D eigenvalue weighted by atomic mass is 16.6. The van der Waals surface area contributed by atoms with Gasteiger partial charge in [0.15, 0.2) is 0 Å². The lowest BCUT2D eigenvalue weighted by Gasteiger charge is -2.39. The monoisotopic (exact) mass is 594 g/mol. The average molecular weight is 595 g/mol. The van der Waals surface area contributed by atoms with Crippen LogP contribution in [0.15, 0.2) is 71.7 Å². The standard InChI is InChI=1S/C34H46N2O7/c1-5-35-29-11-10-26-8-6-7-9-27(26)30(29)34(3,4)25(2)24-28-32(37)31(33(28)38)36-12-14-39-16-18-41-20-22-43-23-21-42-19-17-40-15-13-36/h6-11,24,35,37H,2,5,12-23H2,1,3-4H3/b28-24-. The molecule has 0 atom stereocenters. The van der Waals surface area contributed by atoms with Crippen molar-refractivity contribution in [1.29, 1.82) is 0 Å². The Bertz CT molecular complexity index is 1300. The third-order valence-corrected chi connectivity index (χ3v) is 7.87.